The second-order valence-corrected chi connectivity index (χ2v) is 7.49. The van der Waals surface area contributed by atoms with Crippen molar-refractivity contribution >= 4 is 35.2 Å². The Balaban J connectivity index is 1.53. The second-order valence-electron chi connectivity index (χ2n) is 6.48. The highest BCUT2D eigenvalue weighted by atomic mass is 32.2. The van der Waals surface area contributed by atoms with Crippen molar-refractivity contribution in [1.29, 1.82) is 0 Å². The number of hydrogen-bond acceptors (Lipinski definition) is 8. The number of carbonyl (C=O) groups excluding carboxylic acids is 1. The Hall–Kier alpha value is -4.06. The van der Waals surface area contributed by atoms with Crippen LogP contribution in [0.3, 0.4) is 0 Å². The number of imidazole rings is 1. The smallest absolute Gasteiger partial charge is 0.290 e. The maximum atomic E-state index is 12.6. The van der Waals surface area contributed by atoms with E-state index in [1.807, 2.05) is 6.07 Å². The van der Waals surface area contributed by atoms with Crippen LogP contribution < -0.4 is 5.43 Å². The van der Waals surface area contributed by atoms with Gasteiger partial charge in [0, 0.05) is 24.9 Å². The van der Waals surface area contributed by atoms with E-state index in [0.29, 0.717) is 32.7 Å². The van der Waals surface area contributed by atoms with Crippen LogP contribution >= 0.6 is 11.8 Å². The number of pyridine rings is 1. The van der Waals surface area contributed by atoms with Crippen LogP contribution in [0.5, 0.6) is 0 Å². The van der Waals surface area contributed by atoms with Crippen molar-refractivity contribution in [3.63, 3.8) is 0 Å². The van der Waals surface area contributed by atoms with Gasteiger partial charge >= 0.3 is 0 Å². The fraction of sp³-hybridized carbons (Fsp3) is 0.105. The molecule has 3 heterocycles. The molecule has 1 N–H and O–H groups in total. The van der Waals surface area contributed by atoms with E-state index in [4.69, 9.17) is 0 Å². The Morgan fingerprint density at radius 3 is 2.90 bits per heavy atom. The first-order valence-electron chi connectivity index (χ1n) is 9.01. The Labute approximate surface area is 180 Å². The highest BCUT2D eigenvalue weighted by molar-refractivity contribution is 7.99. The zero-order chi connectivity index (χ0) is 22.0. The molecule has 156 valence electrons. The van der Waals surface area contributed by atoms with Gasteiger partial charge in [0.25, 0.3) is 11.6 Å². The van der Waals surface area contributed by atoms with E-state index >= 15 is 0 Å². The van der Waals surface area contributed by atoms with Gasteiger partial charge < -0.3 is 4.57 Å². The summed E-state index contributed by atoms with van der Waals surface area (Å²) >= 11 is 1.14. The third-order valence-corrected chi connectivity index (χ3v) is 5.47. The summed E-state index contributed by atoms with van der Waals surface area (Å²) in [4.78, 5) is 28.4. The number of carbonyl (C=O) groups is 1. The van der Waals surface area contributed by atoms with Crippen LogP contribution in [-0.2, 0) is 7.05 Å². The predicted molar refractivity (Wildman–Crippen MR) is 113 cm³/mol. The molecule has 1 aromatic carbocycles. The number of nitro groups is 1. The molecule has 0 saturated carbocycles. The van der Waals surface area contributed by atoms with Gasteiger partial charge in [0.2, 0.25) is 0 Å². The first-order valence-corrected chi connectivity index (χ1v) is 9.83. The van der Waals surface area contributed by atoms with Crippen molar-refractivity contribution in [2.45, 2.75) is 17.0 Å². The van der Waals surface area contributed by atoms with Gasteiger partial charge in [-0.3, -0.25) is 19.3 Å². The van der Waals surface area contributed by atoms with Crippen molar-refractivity contribution in [3.05, 3.63) is 76.0 Å². The highest BCUT2D eigenvalue weighted by Gasteiger charge is 2.18. The number of nitrogens with one attached hydrogen (secondary N) is 1. The van der Waals surface area contributed by atoms with E-state index < -0.39 is 10.8 Å². The number of hydrogen-bond donors (Lipinski definition) is 1. The largest absolute Gasteiger partial charge is 0.311 e. The molecule has 31 heavy (non-hydrogen) atoms. The van der Waals surface area contributed by atoms with E-state index in [9.17, 15) is 14.9 Å². The van der Waals surface area contributed by atoms with Gasteiger partial charge in [-0.15, -0.1) is 10.2 Å². The summed E-state index contributed by atoms with van der Waals surface area (Å²) in [5, 5.41) is 23.7. The van der Waals surface area contributed by atoms with Crippen molar-refractivity contribution < 1.29 is 9.72 Å². The molecule has 0 bridgehead atoms. The van der Waals surface area contributed by atoms with E-state index in [2.05, 4.69) is 25.7 Å². The van der Waals surface area contributed by atoms with Gasteiger partial charge in [0.05, 0.1) is 21.7 Å². The number of rotatable bonds is 6. The SMILES string of the molecule is Cc1nc2ccccn2c1C(=O)NN=Cc1ccc(Sc2nncn2C)c([N+](=O)[O-])c1. The van der Waals surface area contributed by atoms with Gasteiger partial charge in [-0.05, 0) is 36.9 Å². The Morgan fingerprint density at radius 1 is 1.32 bits per heavy atom. The first kappa shape index (κ1) is 20.2. The molecule has 0 spiro atoms. The fourth-order valence-corrected chi connectivity index (χ4v) is 3.76. The molecule has 0 aliphatic rings. The van der Waals surface area contributed by atoms with Crippen molar-refractivity contribution in [2.24, 2.45) is 12.1 Å². The number of benzene rings is 1. The number of aryl methyl sites for hydroxylation is 2. The minimum atomic E-state index is -0.476. The third kappa shape index (κ3) is 4.14. The number of fused-ring (bicyclic) bond motifs is 1. The van der Waals surface area contributed by atoms with Gasteiger partial charge in [-0.2, -0.15) is 5.10 Å². The maximum Gasteiger partial charge on any atom is 0.290 e. The summed E-state index contributed by atoms with van der Waals surface area (Å²) in [7, 11) is 1.75. The summed E-state index contributed by atoms with van der Waals surface area (Å²) in [6.45, 7) is 1.74. The molecular formula is C19H16N8O3S. The van der Waals surface area contributed by atoms with Crippen molar-refractivity contribution in [1.82, 2.24) is 29.6 Å². The Kier molecular flexibility index (Phi) is 5.45. The predicted octanol–water partition coefficient (Wildman–Crippen LogP) is 2.59. The molecular weight excluding hydrogens is 420 g/mol. The summed E-state index contributed by atoms with van der Waals surface area (Å²) in [5.74, 6) is -0.434. The Bertz CT molecular complexity index is 1330. The minimum absolute atomic E-state index is 0.0964. The standard InChI is InChI=1S/C19H16N8O3S/c1-12-17(26-8-4-3-5-16(26)22-12)18(28)23-20-10-13-6-7-15(14(9-13)27(29)30)31-19-24-21-11-25(19)2/h3-11H,1-2H3,(H,23,28). The van der Waals surface area contributed by atoms with Crippen LogP contribution in [-0.4, -0.2) is 41.2 Å². The number of nitro benzene ring substituents is 1. The van der Waals surface area contributed by atoms with E-state index in [1.54, 1.807) is 53.4 Å². The van der Waals surface area contributed by atoms with Crippen LogP contribution in [0, 0.1) is 17.0 Å². The molecule has 1 amide bonds. The van der Waals surface area contributed by atoms with Gasteiger partial charge in [0.15, 0.2) is 5.16 Å². The molecule has 0 atom stereocenters. The summed E-state index contributed by atoms with van der Waals surface area (Å²) in [6.07, 6.45) is 4.61. The van der Waals surface area contributed by atoms with E-state index in [-0.39, 0.29) is 5.69 Å². The van der Waals surface area contributed by atoms with Crippen molar-refractivity contribution in [3.8, 4) is 0 Å². The molecule has 0 aliphatic heterocycles. The number of nitrogens with zero attached hydrogens (tertiary/aromatic N) is 7. The van der Waals surface area contributed by atoms with Crippen LogP contribution in [0.2, 0.25) is 0 Å². The molecule has 4 rings (SSSR count). The maximum absolute atomic E-state index is 12.6. The second kappa shape index (κ2) is 8.36. The lowest BCUT2D eigenvalue weighted by molar-refractivity contribution is -0.387. The summed E-state index contributed by atoms with van der Waals surface area (Å²) < 4.78 is 3.34. The number of amides is 1. The van der Waals surface area contributed by atoms with Crippen LogP contribution in [0.15, 0.2) is 64.1 Å². The lowest BCUT2D eigenvalue weighted by Crippen LogP contribution is -2.20. The molecule has 12 heteroatoms. The fourth-order valence-electron chi connectivity index (χ4n) is 2.91. The van der Waals surface area contributed by atoms with E-state index in [0.717, 1.165) is 11.8 Å². The normalized spacial score (nSPS) is 11.3. The average Bonchev–Trinajstić information content (AvgIpc) is 3.30. The van der Waals surface area contributed by atoms with Gasteiger partial charge in [-0.25, -0.2) is 10.4 Å². The number of hydrazone groups is 1. The molecule has 0 aliphatic carbocycles. The zero-order valence-corrected chi connectivity index (χ0v) is 17.3. The molecule has 4 aromatic rings. The Morgan fingerprint density at radius 2 is 2.16 bits per heavy atom. The minimum Gasteiger partial charge on any atom is -0.311 e. The molecule has 0 unspecified atom stereocenters. The quantitative estimate of drug-likeness (QED) is 0.279. The zero-order valence-electron chi connectivity index (χ0n) is 16.5. The lowest BCUT2D eigenvalue weighted by Gasteiger charge is -2.04. The van der Waals surface area contributed by atoms with Crippen LogP contribution in [0.25, 0.3) is 5.65 Å². The van der Waals surface area contributed by atoms with Crippen molar-refractivity contribution in [2.75, 3.05) is 0 Å². The highest BCUT2D eigenvalue weighted by Crippen LogP contribution is 2.33. The number of aromatic nitrogens is 5. The lowest BCUT2D eigenvalue weighted by atomic mass is 10.2. The molecule has 0 fully saturated rings. The topological polar surface area (TPSA) is 133 Å². The molecule has 11 nitrogen and oxygen atoms in total. The summed E-state index contributed by atoms with van der Waals surface area (Å²) in [6, 6.07) is 10.1. The van der Waals surface area contributed by atoms with Gasteiger partial charge in [0.1, 0.15) is 17.7 Å². The first-order chi connectivity index (χ1) is 14.9. The van der Waals surface area contributed by atoms with Crippen LogP contribution in [0.1, 0.15) is 21.7 Å². The molecule has 3 aromatic heterocycles. The average molecular weight is 436 g/mol. The van der Waals surface area contributed by atoms with E-state index in [1.165, 1.54) is 18.6 Å². The monoisotopic (exact) mass is 436 g/mol. The summed E-state index contributed by atoms with van der Waals surface area (Å²) in [5.41, 5.74) is 4.40. The van der Waals surface area contributed by atoms with Gasteiger partial charge in [-0.1, -0.05) is 12.1 Å². The van der Waals surface area contributed by atoms with Crippen LogP contribution in [0.4, 0.5) is 5.69 Å². The molecule has 0 saturated heterocycles. The third-order valence-electron chi connectivity index (χ3n) is 4.35. The molecule has 0 radical (unpaired) electrons.